The molecule has 0 saturated carbocycles. The lowest BCUT2D eigenvalue weighted by Crippen LogP contribution is -2.23. The number of nitrogens with zero attached hydrogens (tertiary/aromatic N) is 1. The van der Waals surface area contributed by atoms with Gasteiger partial charge < -0.3 is 5.11 Å². The summed E-state index contributed by atoms with van der Waals surface area (Å²) in [5.74, 6) is 0. The van der Waals surface area contributed by atoms with Crippen LogP contribution in [0.5, 0.6) is 0 Å². The van der Waals surface area contributed by atoms with Crippen LogP contribution in [0.2, 0.25) is 0 Å². The molecule has 3 heteroatoms. The average molecular weight is 212 g/mol. The fourth-order valence-corrected chi connectivity index (χ4v) is 1.47. The minimum atomic E-state index is -1.00. The number of hydrogen-bond donors (Lipinski definition) is 1. The smallest absolute Gasteiger partial charge is 0.416 e. The quantitative estimate of drug-likeness (QED) is 0.829. The lowest BCUT2D eigenvalue weighted by Gasteiger charge is -2.18. The molecule has 0 aliphatic carbocycles. The van der Waals surface area contributed by atoms with Crippen LogP contribution in [0, 0.1) is 6.07 Å². The van der Waals surface area contributed by atoms with Crippen molar-refractivity contribution in [2.45, 2.75) is 0 Å². The summed E-state index contributed by atoms with van der Waals surface area (Å²) in [6.45, 7) is 0. The van der Waals surface area contributed by atoms with Crippen LogP contribution in [0.1, 0.15) is 0 Å². The summed E-state index contributed by atoms with van der Waals surface area (Å²) >= 11 is 0. The Balaban J connectivity index is 2.44. The van der Waals surface area contributed by atoms with E-state index in [1.807, 2.05) is 6.07 Å². The van der Waals surface area contributed by atoms with E-state index in [0.29, 0.717) is 11.4 Å². The van der Waals surface area contributed by atoms with Crippen LogP contribution in [0.4, 0.5) is 16.2 Å². The molecule has 2 aromatic rings. The fraction of sp³-hybridized carbons (Fsp3) is 0. The van der Waals surface area contributed by atoms with Gasteiger partial charge in [-0.15, -0.1) is 0 Å². The summed E-state index contributed by atoms with van der Waals surface area (Å²) in [4.78, 5) is 12.4. The van der Waals surface area contributed by atoms with Gasteiger partial charge in [-0.1, -0.05) is 30.3 Å². The number of anilines is 2. The maximum atomic E-state index is 11.2. The van der Waals surface area contributed by atoms with E-state index in [9.17, 15) is 9.90 Å². The zero-order valence-corrected chi connectivity index (χ0v) is 8.50. The molecule has 0 aromatic heterocycles. The van der Waals surface area contributed by atoms with Gasteiger partial charge in [0.1, 0.15) is 0 Å². The second kappa shape index (κ2) is 4.49. The Morgan fingerprint density at radius 3 is 2.12 bits per heavy atom. The first-order valence-corrected chi connectivity index (χ1v) is 4.83. The molecular weight excluding hydrogens is 202 g/mol. The zero-order valence-electron chi connectivity index (χ0n) is 8.50. The molecule has 3 nitrogen and oxygen atoms in total. The summed E-state index contributed by atoms with van der Waals surface area (Å²) in [7, 11) is 0. The number of carbonyl (C=O) groups is 1. The van der Waals surface area contributed by atoms with E-state index in [-0.39, 0.29) is 0 Å². The summed E-state index contributed by atoms with van der Waals surface area (Å²) in [6.07, 6.45) is -1.00. The molecule has 1 amide bonds. The van der Waals surface area contributed by atoms with Gasteiger partial charge in [-0.2, -0.15) is 0 Å². The van der Waals surface area contributed by atoms with Gasteiger partial charge in [0.15, 0.2) is 0 Å². The molecule has 1 radical (unpaired) electrons. The third-order valence-corrected chi connectivity index (χ3v) is 2.16. The largest absolute Gasteiger partial charge is 0.464 e. The number of para-hydroxylation sites is 1. The summed E-state index contributed by atoms with van der Waals surface area (Å²) in [5.41, 5.74) is 1.23. The number of hydrogen-bond acceptors (Lipinski definition) is 1. The van der Waals surface area contributed by atoms with Crippen LogP contribution in [0.25, 0.3) is 0 Å². The van der Waals surface area contributed by atoms with Crippen LogP contribution in [-0.2, 0) is 0 Å². The van der Waals surface area contributed by atoms with Crippen molar-refractivity contribution in [1.29, 1.82) is 0 Å². The molecule has 0 unspecified atom stereocenters. The van der Waals surface area contributed by atoms with Crippen molar-refractivity contribution in [3.63, 3.8) is 0 Å². The monoisotopic (exact) mass is 212 g/mol. The summed E-state index contributed by atoms with van der Waals surface area (Å²) in [5, 5.41) is 9.20. The van der Waals surface area contributed by atoms with Crippen LogP contribution >= 0.6 is 0 Å². The average Bonchev–Trinajstić information content (AvgIpc) is 2.31. The number of rotatable bonds is 2. The number of benzene rings is 2. The predicted octanol–water partition coefficient (Wildman–Crippen LogP) is 3.30. The van der Waals surface area contributed by atoms with Crippen LogP contribution < -0.4 is 4.90 Å². The molecule has 0 bridgehead atoms. The molecule has 0 fully saturated rings. The van der Waals surface area contributed by atoms with Gasteiger partial charge in [0, 0.05) is 0 Å². The lowest BCUT2D eigenvalue weighted by molar-refractivity contribution is 0.205. The molecule has 0 atom stereocenters. The van der Waals surface area contributed by atoms with Gasteiger partial charge in [-0.25, -0.2) is 9.69 Å². The van der Waals surface area contributed by atoms with Crippen LogP contribution in [0.3, 0.4) is 0 Å². The van der Waals surface area contributed by atoms with E-state index in [2.05, 4.69) is 6.07 Å². The molecule has 2 rings (SSSR count). The first-order chi connectivity index (χ1) is 7.79. The Morgan fingerprint density at radius 2 is 1.56 bits per heavy atom. The Kier molecular flexibility index (Phi) is 2.87. The van der Waals surface area contributed by atoms with E-state index < -0.39 is 6.09 Å². The normalized spacial score (nSPS) is 9.75. The van der Waals surface area contributed by atoms with E-state index in [0.717, 1.165) is 0 Å². The SMILES string of the molecule is O=C(O)N(c1cc[c]cc1)c1ccccc1. The first-order valence-electron chi connectivity index (χ1n) is 4.83. The third kappa shape index (κ3) is 2.03. The van der Waals surface area contributed by atoms with Gasteiger partial charge in [0.05, 0.1) is 11.4 Å². The standard InChI is InChI=1S/C13H10NO2/c15-13(16)14(11-7-3-1-4-8-11)12-9-5-2-6-10-12/h1,3-10H,(H,15,16). The highest BCUT2D eigenvalue weighted by Gasteiger charge is 2.15. The molecule has 0 aliphatic heterocycles. The first kappa shape index (κ1) is 10.2. The number of carboxylic acid groups (broad SMARTS) is 1. The second-order valence-electron chi connectivity index (χ2n) is 3.21. The topological polar surface area (TPSA) is 40.5 Å². The molecule has 2 aromatic carbocycles. The van der Waals surface area contributed by atoms with Gasteiger partial charge in [-0.3, -0.25) is 0 Å². The molecule has 79 valence electrons. The highest BCUT2D eigenvalue weighted by molar-refractivity contribution is 5.94. The van der Waals surface area contributed by atoms with E-state index in [4.69, 9.17) is 0 Å². The highest BCUT2D eigenvalue weighted by atomic mass is 16.4. The van der Waals surface area contributed by atoms with Gasteiger partial charge in [-0.05, 0) is 30.3 Å². The van der Waals surface area contributed by atoms with Gasteiger partial charge >= 0.3 is 6.09 Å². The zero-order chi connectivity index (χ0) is 11.4. The Hall–Kier alpha value is -2.29. The van der Waals surface area contributed by atoms with Crippen LogP contribution in [0.15, 0.2) is 54.6 Å². The highest BCUT2D eigenvalue weighted by Crippen LogP contribution is 2.24. The van der Waals surface area contributed by atoms with Crippen molar-refractivity contribution in [3.8, 4) is 0 Å². The fourth-order valence-electron chi connectivity index (χ4n) is 1.47. The van der Waals surface area contributed by atoms with Crippen molar-refractivity contribution in [3.05, 3.63) is 60.7 Å². The number of amides is 1. The van der Waals surface area contributed by atoms with Crippen LogP contribution in [-0.4, -0.2) is 11.2 Å². The Labute approximate surface area is 93.6 Å². The maximum Gasteiger partial charge on any atom is 0.416 e. The second-order valence-corrected chi connectivity index (χ2v) is 3.21. The third-order valence-electron chi connectivity index (χ3n) is 2.16. The lowest BCUT2D eigenvalue weighted by atomic mass is 10.2. The summed E-state index contributed by atoms with van der Waals surface area (Å²) < 4.78 is 0. The molecule has 0 saturated heterocycles. The summed E-state index contributed by atoms with van der Waals surface area (Å²) in [6, 6.07) is 18.6. The van der Waals surface area contributed by atoms with Crippen molar-refractivity contribution >= 4 is 17.5 Å². The van der Waals surface area contributed by atoms with E-state index >= 15 is 0 Å². The van der Waals surface area contributed by atoms with E-state index in [1.165, 1.54) is 4.90 Å². The van der Waals surface area contributed by atoms with Crippen molar-refractivity contribution in [2.75, 3.05) is 4.90 Å². The molecule has 0 heterocycles. The van der Waals surface area contributed by atoms with Crippen molar-refractivity contribution in [2.24, 2.45) is 0 Å². The molecule has 1 N–H and O–H groups in total. The molecule has 0 aliphatic rings. The minimum absolute atomic E-state index is 0.609. The van der Waals surface area contributed by atoms with Crippen molar-refractivity contribution in [1.82, 2.24) is 0 Å². The van der Waals surface area contributed by atoms with Crippen molar-refractivity contribution < 1.29 is 9.90 Å². The molecule has 16 heavy (non-hydrogen) atoms. The minimum Gasteiger partial charge on any atom is -0.464 e. The Bertz CT molecular complexity index is 428. The van der Waals surface area contributed by atoms with E-state index in [1.54, 1.807) is 48.5 Å². The van der Waals surface area contributed by atoms with Gasteiger partial charge in [0.2, 0.25) is 0 Å². The predicted molar refractivity (Wildman–Crippen MR) is 61.9 cm³/mol. The molecular formula is C13H10NO2. The maximum absolute atomic E-state index is 11.2. The Morgan fingerprint density at radius 1 is 1.00 bits per heavy atom. The molecule has 0 spiro atoms. The van der Waals surface area contributed by atoms with Gasteiger partial charge in [0.25, 0.3) is 0 Å².